The van der Waals surface area contributed by atoms with Crippen LogP contribution in [-0.4, -0.2) is 19.9 Å². The van der Waals surface area contributed by atoms with Crippen molar-refractivity contribution < 1.29 is 5.11 Å². The zero-order valence-corrected chi connectivity index (χ0v) is 11.4. The molecule has 5 heteroatoms. The molecule has 2 heterocycles. The van der Waals surface area contributed by atoms with Crippen LogP contribution in [0.15, 0.2) is 24.5 Å². The number of aliphatic hydroxyl groups excluding tert-OH is 1. The molecule has 0 aliphatic heterocycles. The van der Waals surface area contributed by atoms with Crippen LogP contribution in [0.1, 0.15) is 42.9 Å². The van der Waals surface area contributed by atoms with Gasteiger partial charge in [-0.2, -0.15) is 5.10 Å². The number of aromatic nitrogens is 3. The van der Waals surface area contributed by atoms with Crippen molar-refractivity contribution in [1.82, 2.24) is 14.8 Å². The van der Waals surface area contributed by atoms with Gasteiger partial charge in [-0.15, -0.1) is 0 Å². The predicted octanol–water partition coefficient (Wildman–Crippen LogP) is 2.90. The van der Waals surface area contributed by atoms with Crippen LogP contribution in [0.25, 0.3) is 0 Å². The van der Waals surface area contributed by atoms with Gasteiger partial charge in [-0.1, -0.05) is 17.7 Å². The molecule has 96 valence electrons. The third-order valence-electron chi connectivity index (χ3n) is 2.88. The number of aliphatic hydroxyl groups is 1. The van der Waals surface area contributed by atoms with E-state index in [4.69, 9.17) is 11.6 Å². The quantitative estimate of drug-likeness (QED) is 0.928. The molecular formula is C13H16ClN3O. The van der Waals surface area contributed by atoms with Gasteiger partial charge in [0.1, 0.15) is 6.10 Å². The van der Waals surface area contributed by atoms with Gasteiger partial charge in [0.2, 0.25) is 0 Å². The topological polar surface area (TPSA) is 50.9 Å². The summed E-state index contributed by atoms with van der Waals surface area (Å²) >= 11 is 6.12. The average molecular weight is 266 g/mol. The standard InChI is InChI=1S/C13H16ClN3O/c1-8(2)17-12(11(14)7-16-17)13(18)10-5-4-6-15-9(10)3/h4-8,13,18H,1-3H3. The number of aryl methyl sites for hydroxylation is 1. The molecule has 0 saturated carbocycles. The molecule has 2 aromatic heterocycles. The highest BCUT2D eigenvalue weighted by Gasteiger charge is 2.22. The molecule has 0 fully saturated rings. The fraction of sp³-hybridized carbons (Fsp3) is 0.385. The molecule has 0 aliphatic rings. The van der Waals surface area contributed by atoms with Crippen LogP contribution in [0.4, 0.5) is 0 Å². The molecule has 1 atom stereocenters. The van der Waals surface area contributed by atoms with Gasteiger partial charge in [-0.25, -0.2) is 0 Å². The monoisotopic (exact) mass is 265 g/mol. The van der Waals surface area contributed by atoms with Crippen LogP contribution in [-0.2, 0) is 0 Å². The van der Waals surface area contributed by atoms with E-state index in [0.29, 0.717) is 10.7 Å². The summed E-state index contributed by atoms with van der Waals surface area (Å²) in [5.74, 6) is 0. The number of pyridine rings is 1. The van der Waals surface area contributed by atoms with Gasteiger partial charge in [0.15, 0.2) is 0 Å². The van der Waals surface area contributed by atoms with E-state index in [1.807, 2.05) is 26.8 Å². The fourth-order valence-corrected chi connectivity index (χ4v) is 2.18. The Balaban J connectivity index is 2.49. The van der Waals surface area contributed by atoms with Gasteiger partial charge in [0, 0.05) is 23.5 Å². The second kappa shape index (κ2) is 5.08. The highest BCUT2D eigenvalue weighted by Crippen LogP contribution is 2.30. The van der Waals surface area contributed by atoms with E-state index in [9.17, 15) is 5.11 Å². The van der Waals surface area contributed by atoms with Crippen molar-refractivity contribution >= 4 is 11.6 Å². The number of hydrogen-bond donors (Lipinski definition) is 1. The van der Waals surface area contributed by atoms with E-state index in [1.54, 1.807) is 23.1 Å². The first-order chi connectivity index (χ1) is 8.52. The minimum absolute atomic E-state index is 0.138. The van der Waals surface area contributed by atoms with E-state index >= 15 is 0 Å². The molecule has 1 N–H and O–H groups in total. The molecule has 2 rings (SSSR count). The fourth-order valence-electron chi connectivity index (χ4n) is 1.95. The van der Waals surface area contributed by atoms with E-state index in [2.05, 4.69) is 10.1 Å². The highest BCUT2D eigenvalue weighted by molar-refractivity contribution is 6.31. The Kier molecular flexibility index (Phi) is 3.68. The van der Waals surface area contributed by atoms with Crippen LogP contribution < -0.4 is 0 Å². The van der Waals surface area contributed by atoms with Gasteiger partial charge in [0.05, 0.1) is 16.9 Å². The zero-order valence-electron chi connectivity index (χ0n) is 10.6. The number of halogens is 1. The normalized spacial score (nSPS) is 13.0. The molecule has 0 bridgehead atoms. The summed E-state index contributed by atoms with van der Waals surface area (Å²) < 4.78 is 1.74. The lowest BCUT2D eigenvalue weighted by Crippen LogP contribution is -2.13. The Labute approximate surface area is 111 Å². The Hall–Kier alpha value is -1.39. The molecule has 0 radical (unpaired) electrons. The first-order valence-electron chi connectivity index (χ1n) is 5.85. The van der Waals surface area contributed by atoms with Crippen LogP contribution in [0.5, 0.6) is 0 Å². The van der Waals surface area contributed by atoms with E-state index in [-0.39, 0.29) is 6.04 Å². The summed E-state index contributed by atoms with van der Waals surface area (Å²) in [5.41, 5.74) is 2.15. The highest BCUT2D eigenvalue weighted by atomic mass is 35.5. The second-order valence-electron chi connectivity index (χ2n) is 4.50. The molecule has 1 unspecified atom stereocenters. The van der Waals surface area contributed by atoms with Crippen molar-refractivity contribution in [3.05, 3.63) is 46.5 Å². The first-order valence-corrected chi connectivity index (χ1v) is 6.22. The largest absolute Gasteiger partial charge is 0.382 e. The Morgan fingerprint density at radius 2 is 2.11 bits per heavy atom. The van der Waals surface area contributed by atoms with Crippen molar-refractivity contribution in [3.63, 3.8) is 0 Å². The molecule has 4 nitrogen and oxygen atoms in total. The number of hydrogen-bond acceptors (Lipinski definition) is 3. The summed E-state index contributed by atoms with van der Waals surface area (Å²) in [6, 6.07) is 3.79. The van der Waals surface area contributed by atoms with E-state index < -0.39 is 6.10 Å². The molecule has 0 saturated heterocycles. The number of rotatable bonds is 3. The molecule has 0 aromatic carbocycles. The predicted molar refractivity (Wildman–Crippen MR) is 70.7 cm³/mol. The van der Waals surface area contributed by atoms with Crippen LogP contribution >= 0.6 is 11.6 Å². The maximum Gasteiger partial charge on any atom is 0.124 e. The van der Waals surface area contributed by atoms with Gasteiger partial charge in [-0.05, 0) is 26.8 Å². The summed E-state index contributed by atoms with van der Waals surface area (Å²) in [4.78, 5) is 4.18. The maximum atomic E-state index is 10.5. The van der Waals surface area contributed by atoms with Crippen LogP contribution in [0, 0.1) is 6.92 Å². The summed E-state index contributed by atoms with van der Waals surface area (Å²) in [5, 5.41) is 15.2. The molecule has 2 aromatic rings. The molecule has 0 spiro atoms. The van der Waals surface area contributed by atoms with Gasteiger partial charge >= 0.3 is 0 Å². The maximum absolute atomic E-state index is 10.5. The zero-order chi connectivity index (χ0) is 13.3. The van der Waals surface area contributed by atoms with Gasteiger partial charge in [0.25, 0.3) is 0 Å². The molecule has 0 aliphatic carbocycles. The Morgan fingerprint density at radius 1 is 1.39 bits per heavy atom. The van der Waals surface area contributed by atoms with Crippen LogP contribution in [0.2, 0.25) is 5.02 Å². The lowest BCUT2D eigenvalue weighted by atomic mass is 10.1. The number of nitrogens with zero attached hydrogens (tertiary/aromatic N) is 3. The Morgan fingerprint density at radius 3 is 2.72 bits per heavy atom. The lowest BCUT2D eigenvalue weighted by molar-refractivity contribution is 0.204. The smallest absolute Gasteiger partial charge is 0.124 e. The Bertz CT molecular complexity index is 551. The van der Waals surface area contributed by atoms with Crippen molar-refractivity contribution in [1.29, 1.82) is 0 Å². The third kappa shape index (κ3) is 2.26. The summed E-state index contributed by atoms with van der Waals surface area (Å²) in [6.07, 6.45) is 2.45. The van der Waals surface area contributed by atoms with Crippen molar-refractivity contribution in [2.75, 3.05) is 0 Å². The minimum Gasteiger partial charge on any atom is -0.382 e. The van der Waals surface area contributed by atoms with Gasteiger partial charge < -0.3 is 5.11 Å². The van der Waals surface area contributed by atoms with Crippen molar-refractivity contribution in [2.45, 2.75) is 32.9 Å². The van der Waals surface area contributed by atoms with Gasteiger partial charge in [-0.3, -0.25) is 9.67 Å². The van der Waals surface area contributed by atoms with E-state index in [1.165, 1.54) is 0 Å². The second-order valence-corrected chi connectivity index (χ2v) is 4.90. The molecule has 18 heavy (non-hydrogen) atoms. The molecule has 0 amide bonds. The average Bonchev–Trinajstić information content (AvgIpc) is 2.71. The third-order valence-corrected chi connectivity index (χ3v) is 3.17. The summed E-state index contributed by atoms with van der Waals surface area (Å²) in [7, 11) is 0. The first kappa shape index (κ1) is 13.1. The SMILES string of the molecule is Cc1ncccc1C(O)c1c(Cl)cnn1C(C)C. The van der Waals surface area contributed by atoms with Crippen molar-refractivity contribution in [2.24, 2.45) is 0 Å². The van der Waals surface area contributed by atoms with Crippen LogP contribution in [0.3, 0.4) is 0 Å². The molecular weight excluding hydrogens is 250 g/mol. The minimum atomic E-state index is -0.809. The summed E-state index contributed by atoms with van der Waals surface area (Å²) in [6.45, 7) is 5.85. The van der Waals surface area contributed by atoms with E-state index in [0.717, 1.165) is 11.3 Å². The van der Waals surface area contributed by atoms with Crippen molar-refractivity contribution in [3.8, 4) is 0 Å². The lowest BCUT2D eigenvalue weighted by Gasteiger charge is -2.17.